The summed E-state index contributed by atoms with van der Waals surface area (Å²) in [6.07, 6.45) is 1.57. The molecule has 0 saturated heterocycles. The SMILES string of the molecule is Cc1cc(C(=O)c2ccc3c(c2)C(=O)N(C)C(=O)C3)co1. The highest BCUT2D eigenvalue weighted by atomic mass is 16.3. The topological polar surface area (TPSA) is 67.6 Å². The monoisotopic (exact) mass is 283 g/mol. The Bertz CT molecular complexity index is 772. The van der Waals surface area contributed by atoms with Gasteiger partial charge in [-0.05, 0) is 24.6 Å². The van der Waals surface area contributed by atoms with Crippen LogP contribution in [0.15, 0.2) is 34.9 Å². The number of benzene rings is 1. The van der Waals surface area contributed by atoms with Gasteiger partial charge in [0, 0.05) is 18.2 Å². The third kappa shape index (κ3) is 2.16. The van der Waals surface area contributed by atoms with Gasteiger partial charge in [-0.2, -0.15) is 0 Å². The smallest absolute Gasteiger partial charge is 0.260 e. The minimum atomic E-state index is -0.376. The van der Waals surface area contributed by atoms with Crippen molar-refractivity contribution in [1.82, 2.24) is 4.90 Å². The van der Waals surface area contributed by atoms with Crippen LogP contribution in [0.2, 0.25) is 0 Å². The molecular weight excluding hydrogens is 270 g/mol. The van der Waals surface area contributed by atoms with E-state index in [0.29, 0.717) is 28.0 Å². The number of carbonyl (C=O) groups is 3. The Balaban J connectivity index is 2.02. The normalized spacial score (nSPS) is 14.3. The van der Waals surface area contributed by atoms with Crippen LogP contribution >= 0.6 is 0 Å². The standard InChI is InChI=1S/C16H13NO4/c1-9-5-12(8-21-9)15(19)11-4-3-10-7-14(18)17(2)16(20)13(10)6-11/h3-6,8H,7H2,1-2H3. The largest absolute Gasteiger partial charge is 0.469 e. The first kappa shape index (κ1) is 13.3. The molecule has 0 unspecified atom stereocenters. The lowest BCUT2D eigenvalue weighted by Crippen LogP contribution is -2.39. The van der Waals surface area contributed by atoms with Crippen LogP contribution in [0.4, 0.5) is 0 Å². The van der Waals surface area contributed by atoms with Crippen molar-refractivity contribution in [3.8, 4) is 0 Å². The highest BCUT2D eigenvalue weighted by Gasteiger charge is 2.28. The van der Waals surface area contributed by atoms with E-state index in [1.807, 2.05) is 0 Å². The van der Waals surface area contributed by atoms with Gasteiger partial charge in [-0.15, -0.1) is 0 Å². The molecule has 1 aliphatic heterocycles. The van der Waals surface area contributed by atoms with E-state index in [-0.39, 0.29) is 24.0 Å². The Morgan fingerprint density at radius 2 is 1.95 bits per heavy atom. The first-order valence-electron chi connectivity index (χ1n) is 6.51. The lowest BCUT2D eigenvalue weighted by molar-refractivity contribution is -0.127. The highest BCUT2D eigenvalue weighted by molar-refractivity contribution is 6.13. The number of hydrogen-bond acceptors (Lipinski definition) is 4. The van der Waals surface area contributed by atoms with Gasteiger partial charge in [-0.3, -0.25) is 19.3 Å². The second-order valence-electron chi connectivity index (χ2n) is 5.08. The zero-order valence-electron chi connectivity index (χ0n) is 11.7. The maximum absolute atomic E-state index is 12.3. The van der Waals surface area contributed by atoms with Crippen molar-refractivity contribution in [2.45, 2.75) is 13.3 Å². The lowest BCUT2D eigenvalue weighted by atomic mass is 9.94. The Labute approximate surface area is 121 Å². The van der Waals surface area contributed by atoms with E-state index in [0.717, 1.165) is 4.90 Å². The number of fused-ring (bicyclic) bond motifs is 1. The molecule has 106 valence electrons. The first-order chi connectivity index (χ1) is 9.97. The van der Waals surface area contributed by atoms with E-state index in [1.54, 1.807) is 31.2 Å². The summed E-state index contributed by atoms with van der Waals surface area (Å²) < 4.78 is 5.13. The van der Waals surface area contributed by atoms with Gasteiger partial charge in [0.1, 0.15) is 12.0 Å². The lowest BCUT2D eigenvalue weighted by Gasteiger charge is -2.23. The molecule has 1 aromatic carbocycles. The fourth-order valence-electron chi connectivity index (χ4n) is 2.38. The van der Waals surface area contributed by atoms with E-state index >= 15 is 0 Å². The second-order valence-corrected chi connectivity index (χ2v) is 5.08. The van der Waals surface area contributed by atoms with Gasteiger partial charge in [-0.1, -0.05) is 12.1 Å². The van der Waals surface area contributed by atoms with Crippen LogP contribution in [-0.4, -0.2) is 29.5 Å². The number of carbonyl (C=O) groups excluding carboxylic acids is 3. The van der Waals surface area contributed by atoms with Gasteiger partial charge in [0.2, 0.25) is 5.91 Å². The fraction of sp³-hybridized carbons (Fsp3) is 0.188. The molecule has 0 saturated carbocycles. The number of furan rings is 1. The van der Waals surface area contributed by atoms with Crippen molar-refractivity contribution in [2.24, 2.45) is 0 Å². The van der Waals surface area contributed by atoms with Crippen LogP contribution in [0.1, 0.15) is 37.6 Å². The predicted molar refractivity (Wildman–Crippen MR) is 74.1 cm³/mol. The average Bonchev–Trinajstić information content (AvgIpc) is 2.90. The molecule has 21 heavy (non-hydrogen) atoms. The van der Waals surface area contributed by atoms with Gasteiger partial charge in [0.25, 0.3) is 5.91 Å². The van der Waals surface area contributed by atoms with E-state index in [2.05, 4.69) is 0 Å². The van der Waals surface area contributed by atoms with E-state index < -0.39 is 0 Å². The van der Waals surface area contributed by atoms with E-state index in [4.69, 9.17) is 4.42 Å². The number of nitrogens with zero attached hydrogens (tertiary/aromatic N) is 1. The molecular formula is C16H13NO4. The Hall–Kier alpha value is -2.69. The molecule has 0 aliphatic carbocycles. The number of likely N-dealkylation sites (N-methyl/N-ethyl adjacent to an activating group) is 1. The van der Waals surface area contributed by atoms with Gasteiger partial charge >= 0.3 is 0 Å². The van der Waals surface area contributed by atoms with Crippen molar-refractivity contribution in [3.05, 3.63) is 58.5 Å². The number of ketones is 1. The maximum Gasteiger partial charge on any atom is 0.260 e. The van der Waals surface area contributed by atoms with Crippen molar-refractivity contribution < 1.29 is 18.8 Å². The number of aryl methyl sites for hydroxylation is 1. The molecule has 5 nitrogen and oxygen atoms in total. The van der Waals surface area contributed by atoms with Gasteiger partial charge in [-0.25, -0.2) is 0 Å². The van der Waals surface area contributed by atoms with Crippen molar-refractivity contribution in [2.75, 3.05) is 7.05 Å². The molecule has 0 bridgehead atoms. The summed E-state index contributed by atoms with van der Waals surface area (Å²) in [6.45, 7) is 1.76. The molecule has 5 heteroatoms. The molecule has 0 atom stereocenters. The molecule has 0 spiro atoms. The van der Waals surface area contributed by atoms with Crippen LogP contribution in [0.25, 0.3) is 0 Å². The summed E-state index contributed by atoms with van der Waals surface area (Å²) in [7, 11) is 1.45. The van der Waals surface area contributed by atoms with Gasteiger partial charge in [0.05, 0.1) is 12.0 Å². The number of rotatable bonds is 2. The molecule has 1 aromatic heterocycles. The molecule has 1 aliphatic rings. The van der Waals surface area contributed by atoms with Gasteiger partial charge in [0.15, 0.2) is 5.78 Å². The molecule has 3 rings (SSSR count). The highest BCUT2D eigenvalue weighted by Crippen LogP contribution is 2.22. The zero-order valence-corrected chi connectivity index (χ0v) is 11.7. The number of amides is 2. The Kier molecular flexibility index (Phi) is 2.97. The van der Waals surface area contributed by atoms with E-state index in [1.165, 1.54) is 13.3 Å². The number of hydrogen-bond donors (Lipinski definition) is 0. The summed E-state index contributed by atoms with van der Waals surface area (Å²) in [6, 6.07) is 6.50. The molecule has 0 N–H and O–H groups in total. The summed E-state index contributed by atoms with van der Waals surface area (Å²) >= 11 is 0. The minimum Gasteiger partial charge on any atom is -0.469 e. The van der Waals surface area contributed by atoms with Crippen molar-refractivity contribution >= 4 is 17.6 Å². The third-order valence-corrected chi connectivity index (χ3v) is 3.62. The summed E-state index contributed by atoms with van der Waals surface area (Å²) in [4.78, 5) is 37.2. The van der Waals surface area contributed by atoms with Crippen LogP contribution in [-0.2, 0) is 11.2 Å². The second kappa shape index (κ2) is 4.70. The third-order valence-electron chi connectivity index (χ3n) is 3.62. The average molecular weight is 283 g/mol. The van der Waals surface area contributed by atoms with Gasteiger partial charge < -0.3 is 4.42 Å². The minimum absolute atomic E-state index is 0.177. The molecule has 2 amide bonds. The van der Waals surface area contributed by atoms with Crippen LogP contribution in [0, 0.1) is 6.92 Å². The van der Waals surface area contributed by atoms with Crippen molar-refractivity contribution in [1.29, 1.82) is 0 Å². The molecule has 0 radical (unpaired) electrons. The first-order valence-corrected chi connectivity index (χ1v) is 6.51. The Morgan fingerprint density at radius 1 is 1.19 bits per heavy atom. The summed E-state index contributed by atoms with van der Waals surface area (Å²) in [5.74, 6) is -0.170. The van der Waals surface area contributed by atoms with Crippen LogP contribution < -0.4 is 0 Å². The predicted octanol–water partition coefficient (Wildman–Crippen LogP) is 1.97. The molecule has 2 aromatic rings. The Morgan fingerprint density at radius 3 is 2.62 bits per heavy atom. The zero-order chi connectivity index (χ0) is 15.1. The van der Waals surface area contributed by atoms with E-state index in [9.17, 15) is 14.4 Å². The van der Waals surface area contributed by atoms with Crippen LogP contribution in [0.3, 0.4) is 0 Å². The maximum atomic E-state index is 12.3. The quantitative estimate of drug-likeness (QED) is 0.624. The fourth-order valence-corrected chi connectivity index (χ4v) is 2.38. The molecule has 2 heterocycles. The number of imide groups is 1. The van der Waals surface area contributed by atoms with Crippen molar-refractivity contribution in [3.63, 3.8) is 0 Å². The summed E-state index contributed by atoms with van der Waals surface area (Å²) in [5, 5.41) is 0. The summed E-state index contributed by atoms with van der Waals surface area (Å²) in [5.41, 5.74) is 1.91. The van der Waals surface area contributed by atoms with Crippen LogP contribution in [0.5, 0.6) is 0 Å². The molecule has 0 fully saturated rings.